The van der Waals surface area contributed by atoms with E-state index in [2.05, 4.69) is 4.84 Å². The van der Waals surface area contributed by atoms with E-state index in [0.29, 0.717) is 31.8 Å². The zero-order valence-electron chi connectivity index (χ0n) is 17.1. The van der Waals surface area contributed by atoms with Crippen LogP contribution in [0.4, 0.5) is 4.79 Å². The van der Waals surface area contributed by atoms with E-state index >= 15 is 0 Å². The van der Waals surface area contributed by atoms with Gasteiger partial charge in [0, 0.05) is 6.04 Å². The van der Waals surface area contributed by atoms with Gasteiger partial charge in [0.1, 0.15) is 11.6 Å². The predicted molar refractivity (Wildman–Crippen MR) is 98.4 cm³/mol. The summed E-state index contributed by atoms with van der Waals surface area (Å²) < 4.78 is 11.0. The second kappa shape index (κ2) is 10.4. The van der Waals surface area contributed by atoms with Crippen LogP contribution in [-0.4, -0.2) is 63.7 Å². The van der Waals surface area contributed by atoms with E-state index in [-0.39, 0.29) is 24.0 Å². The third-order valence-electron chi connectivity index (χ3n) is 5.20. The Labute approximate surface area is 166 Å². The maximum absolute atomic E-state index is 12.7. The second-order valence-electron chi connectivity index (χ2n) is 8.57. The number of ether oxygens (including phenoxy) is 2. The van der Waals surface area contributed by atoms with Crippen LogP contribution in [0.25, 0.3) is 0 Å². The molecule has 0 aromatic carbocycles. The number of fused-ring (bicyclic) bond motifs is 1. The van der Waals surface area contributed by atoms with Crippen molar-refractivity contribution in [3.05, 3.63) is 0 Å². The minimum atomic E-state index is -0.602. The summed E-state index contributed by atoms with van der Waals surface area (Å²) in [6, 6.07) is -0.483. The van der Waals surface area contributed by atoms with Crippen LogP contribution in [-0.2, 0) is 19.1 Å². The Hall–Kier alpha value is -1.42. The highest BCUT2D eigenvalue weighted by atomic mass is 17.1. The number of hydrogen-bond donors (Lipinski definition) is 2. The van der Waals surface area contributed by atoms with Crippen molar-refractivity contribution in [1.29, 1.82) is 0 Å². The molecule has 2 fully saturated rings. The Morgan fingerprint density at radius 1 is 1.07 bits per heavy atom. The zero-order valence-corrected chi connectivity index (χ0v) is 17.1. The maximum Gasteiger partial charge on any atom is 0.411 e. The molecule has 1 unspecified atom stereocenters. The molecular formula is C19H34N2O7. The highest BCUT2D eigenvalue weighted by molar-refractivity contribution is 5.82. The molecule has 1 saturated carbocycles. The Morgan fingerprint density at radius 2 is 1.75 bits per heavy atom. The molecule has 3 atom stereocenters. The Kier molecular flexibility index (Phi) is 8.48. The van der Waals surface area contributed by atoms with Gasteiger partial charge in [-0.3, -0.25) is 20.2 Å². The molecule has 0 aromatic heterocycles. The molecule has 0 spiro atoms. The first-order chi connectivity index (χ1) is 13.2. The van der Waals surface area contributed by atoms with Crippen molar-refractivity contribution >= 4 is 12.1 Å². The number of rotatable bonds is 9. The highest BCUT2D eigenvalue weighted by Gasteiger charge is 2.50. The number of hydrogen-bond acceptors (Lipinski definition) is 8. The summed E-state index contributed by atoms with van der Waals surface area (Å²) in [5.74, 6) is 0.00230. The van der Waals surface area contributed by atoms with Crippen molar-refractivity contribution in [3.63, 3.8) is 0 Å². The summed E-state index contributed by atoms with van der Waals surface area (Å²) in [5.41, 5.74) is -0.602. The fraction of sp³-hybridized carbons (Fsp3) is 0.895. The van der Waals surface area contributed by atoms with Crippen molar-refractivity contribution in [2.24, 2.45) is 5.92 Å². The van der Waals surface area contributed by atoms with Crippen LogP contribution in [0.15, 0.2) is 0 Å². The molecule has 1 aliphatic heterocycles. The van der Waals surface area contributed by atoms with Gasteiger partial charge in [0.25, 0.3) is 0 Å². The molecule has 0 radical (unpaired) electrons. The van der Waals surface area contributed by atoms with E-state index in [1.165, 1.54) is 0 Å². The number of likely N-dealkylation sites (tertiary alicyclic amines) is 1. The van der Waals surface area contributed by atoms with Crippen LogP contribution >= 0.6 is 0 Å². The predicted octanol–water partition coefficient (Wildman–Crippen LogP) is 3.28. The van der Waals surface area contributed by atoms with E-state index in [0.717, 1.165) is 32.1 Å². The summed E-state index contributed by atoms with van der Waals surface area (Å²) >= 11 is 0. The van der Waals surface area contributed by atoms with Gasteiger partial charge in [-0.1, -0.05) is 12.8 Å². The maximum atomic E-state index is 12.7. The third kappa shape index (κ3) is 6.88. The molecule has 1 amide bonds. The molecule has 1 saturated heterocycles. The Bertz CT molecular complexity index is 521. The van der Waals surface area contributed by atoms with Crippen molar-refractivity contribution in [2.45, 2.75) is 89.8 Å². The summed E-state index contributed by atoms with van der Waals surface area (Å²) in [6.45, 7) is 5.99. The lowest BCUT2D eigenvalue weighted by atomic mass is 10.0. The number of carbonyl (C=O) groups excluding carboxylic acids is 2. The molecular weight excluding hydrogens is 368 g/mol. The summed E-state index contributed by atoms with van der Waals surface area (Å²) in [5, 5.41) is 16.5. The van der Waals surface area contributed by atoms with Gasteiger partial charge in [0.05, 0.1) is 18.6 Å². The van der Waals surface area contributed by atoms with Crippen molar-refractivity contribution in [2.75, 3.05) is 13.2 Å². The van der Waals surface area contributed by atoms with E-state index < -0.39 is 17.7 Å². The lowest BCUT2D eigenvalue weighted by Crippen LogP contribution is -2.47. The molecule has 0 aromatic rings. The van der Waals surface area contributed by atoms with E-state index in [9.17, 15) is 9.59 Å². The quantitative estimate of drug-likeness (QED) is 0.344. The number of esters is 1. The minimum absolute atomic E-state index is 0.0741. The van der Waals surface area contributed by atoms with Gasteiger partial charge < -0.3 is 9.47 Å². The smallest absolute Gasteiger partial charge is 0.411 e. The second-order valence-corrected chi connectivity index (χ2v) is 8.57. The topological polar surface area (TPSA) is 109 Å². The molecule has 2 rings (SSSR count). The molecule has 2 aliphatic rings. The van der Waals surface area contributed by atoms with Crippen molar-refractivity contribution in [3.8, 4) is 0 Å². The Morgan fingerprint density at radius 3 is 2.39 bits per heavy atom. The first kappa shape index (κ1) is 22.9. The number of amides is 1. The monoisotopic (exact) mass is 402 g/mol. The standard InChI is InChI=1S/C19H34N2O7/c1-19(2,3)28-18(23)20-15-10-8-9-14(15)13-16(20)17(22)26-11-6-4-5-7-12-27-21(24)25/h14-16,24-25H,4-13H2,1-3H3/t14-,15-,16?/m0/s1. The number of unbranched alkanes of at least 4 members (excludes halogenated alkanes) is 3. The normalized spacial score (nSPS) is 24.5. The van der Waals surface area contributed by atoms with Gasteiger partial charge in [-0.05, 0) is 65.2 Å². The summed E-state index contributed by atoms with van der Waals surface area (Å²) in [6.07, 6.45) is 6.28. The Balaban J connectivity index is 1.76. The minimum Gasteiger partial charge on any atom is -0.464 e. The molecule has 2 N–H and O–H groups in total. The molecule has 9 heteroatoms. The largest absolute Gasteiger partial charge is 0.464 e. The average Bonchev–Trinajstić information content (AvgIpc) is 3.15. The van der Waals surface area contributed by atoms with Crippen LogP contribution < -0.4 is 0 Å². The lowest BCUT2D eigenvalue weighted by Gasteiger charge is -2.31. The highest BCUT2D eigenvalue weighted by Crippen LogP contribution is 2.42. The van der Waals surface area contributed by atoms with Crippen molar-refractivity contribution in [1.82, 2.24) is 10.3 Å². The molecule has 9 nitrogen and oxygen atoms in total. The SMILES string of the molecule is CC(C)(C)OC(=O)N1C(C(=O)OCCCCCCON(O)O)C[C@@H]2CCC[C@@H]21. The molecule has 1 aliphatic carbocycles. The van der Waals surface area contributed by atoms with Gasteiger partial charge >= 0.3 is 12.1 Å². The fourth-order valence-electron chi connectivity index (χ4n) is 4.05. The zero-order chi connectivity index (χ0) is 20.7. The van der Waals surface area contributed by atoms with Gasteiger partial charge in [-0.15, -0.1) is 0 Å². The van der Waals surface area contributed by atoms with E-state index in [1.54, 1.807) is 4.90 Å². The molecule has 162 valence electrons. The lowest BCUT2D eigenvalue weighted by molar-refractivity contribution is -0.492. The fourth-order valence-corrected chi connectivity index (χ4v) is 4.05. The molecule has 1 heterocycles. The van der Waals surface area contributed by atoms with E-state index in [4.69, 9.17) is 19.9 Å². The average molecular weight is 402 g/mol. The van der Waals surface area contributed by atoms with Crippen molar-refractivity contribution < 1.29 is 34.3 Å². The van der Waals surface area contributed by atoms with Crippen LogP contribution in [0.2, 0.25) is 0 Å². The van der Waals surface area contributed by atoms with Crippen LogP contribution in [0, 0.1) is 5.92 Å². The van der Waals surface area contributed by atoms with Crippen LogP contribution in [0.1, 0.15) is 72.1 Å². The van der Waals surface area contributed by atoms with Gasteiger partial charge in [-0.25, -0.2) is 9.59 Å². The first-order valence-corrected chi connectivity index (χ1v) is 10.2. The van der Waals surface area contributed by atoms with Gasteiger partial charge in [0.15, 0.2) is 0 Å². The molecule has 28 heavy (non-hydrogen) atoms. The third-order valence-corrected chi connectivity index (χ3v) is 5.20. The van der Waals surface area contributed by atoms with E-state index in [1.807, 2.05) is 20.8 Å². The van der Waals surface area contributed by atoms with Crippen LogP contribution in [0.5, 0.6) is 0 Å². The first-order valence-electron chi connectivity index (χ1n) is 10.2. The summed E-state index contributed by atoms with van der Waals surface area (Å²) in [7, 11) is 0. The number of nitrogens with zero attached hydrogens (tertiary/aromatic N) is 2. The van der Waals surface area contributed by atoms with Crippen LogP contribution in [0.3, 0.4) is 0 Å². The van der Waals surface area contributed by atoms with Gasteiger partial charge in [0.2, 0.25) is 0 Å². The summed E-state index contributed by atoms with van der Waals surface area (Å²) in [4.78, 5) is 31.4. The molecule has 0 bridgehead atoms. The van der Waals surface area contributed by atoms with Gasteiger partial charge in [-0.2, -0.15) is 0 Å². The number of carbonyl (C=O) groups is 2.